The van der Waals surface area contributed by atoms with Crippen LogP contribution in [0.3, 0.4) is 0 Å². The lowest BCUT2D eigenvalue weighted by Gasteiger charge is -2.29. The van der Waals surface area contributed by atoms with E-state index in [0.717, 1.165) is 23.3 Å². The fraction of sp³-hybridized carbons (Fsp3) is 0.391. The highest BCUT2D eigenvalue weighted by Gasteiger charge is 2.25. The average Bonchev–Trinajstić information content (AvgIpc) is 2.74. The van der Waals surface area contributed by atoms with Crippen LogP contribution in [0.2, 0.25) is 10.0 Å². The minimum absolute atomic E-state index is 0.0513. The Kier molecular flexibility index (Phi) is 10.6. The van der Waals surface area contributed by atoms with Crippen LogP contribution in [0.15, 0.2) is 53.4 Å². The molecule has 1 N–H and O–H groups in total. The maximum Gasteiger partial charge on any atom is 0.242 e. The van der Waals surface area contributed by atoms with Crippen molar-refractivity contribution in [1.82, 2.24) is 10.2 Å². The number of halogens is 2. The van der Waals surface area contributed by atoms with E-state index in [-0.39, 0.29) is 11.8 Å². The Hall–Kier alpha value is -1.69. The summed E-state index contributed by atoms with van der Waals surface area (Å²) in [7, 11) is 0. The van der Waals surface area contributed by atoms with E-state index in [1.54, 1.807) is 35.7 Å². The van der Waals surface area contributed by atoms with Crippen molar-refractivity contribution in [2.75, 3.05) is 12.3 Å². The number of nitrogens with zero attached hydrogens (tertiary/aromatic N) is 1. The summed E-state index contributed by atoms with van der Waals surface area (Å²) in [5.41, 5.74) is 0.936. The molecule has 0 fully saturated rings. The molecule has 0 aliphatic heterocycles. The van der Waals surface area contributed by atoms with Crippen molar-refractivity contribution in [3.05, 3.63) is 64.1 Å². The number of amides is 2. The summed E-state index contributed by atoms with van der Waals surface area (Å²) in [6.45, 7) is 4.84. The Morgan fingerprint density at radius 3 is 2.23 bits per heavy atom. The number of hydrogen-bond acceptors (Lipinski definition) is 3. The van der Waals surface area contributed by atoms with Gasteiger partial charge in [-0.2, -0.15) is 0 Å². The van der Waals surface area contributed by atoms with Crippen LogP contribution in [0, 0.1) is 0 Å². The van der Waals surface area contributed by atoms with Gasteiger partial charge >= 0.3 is 0 Å². The molecule has 0 heterocycles. The van der Waals surface area contributed by atoms with Crippen LogP contribution in [0.5, 0.6) is 0 Å². The zero-order valence-corrected chi connectivity index (χ0v) is 19.7. The van der Waals surface area contributed by atoms with Gasteiger partial charge in [-0.3, -0.25) is 9.59 Å². The van der Waals surface area contributed by atoms with Gasteiger partial charge in [0, 0.05) is 40.2 Å². The van der Waals surface area contributed by atoms with E-state index in [0.29, 0.717) is 35.3 Å². The van der Waals surface area contributed by atoms with Gasteiger partial charge in [0.25, 0.3) is 0 Å². The van der Waals surface area contributed by atoms with Crippen molar-refractivity contribution < 1.29 is 9.59 Å². The van der Waals surface area contributed by atoms with E-state index in [1.165, 1.54) is 0 Å². The Bertz CT molecular complexity index is 813. The summed E-state index contributed by atoms with van der Waals surface area (Å²) in [5, 5.41) is 4.26. The molecule has 30 heavy (non-hydrogen) atoms. The third-order valence-electron chi connectivity index (χ3n) is 4.66. The number of carbonyl (C=O) groups is 2. The van der Waals surface area contributed by atoms with Gasteiger partial charge in [-0.15, -0.1) is 11.8 Å². The van der Waals surface area contributed by atoms with E-state index in [9.17, 15) is 9.59 Å². The molecule has 0 saturated carbocycles. The molecule has 0 aliphatic rings. The monoisotopic (exact) mass is 466 g/mol. The smallest absolute Gasteiger partial charge is 0.242 e. The van der Waals surface area contributed by atoms with Gasteiger partial charge in [0.1, 0.15) is 6.04 Å². The summed E-state index contributed by atoms with van der Waals surface area (Å²) in [6.07, 6.45) is 2.26. The standard InChI is InChI=1S/C23H28Cl2N2O2S/c1-3-4-14-26-23(29)17(2)27(16-18-5-7-19(24)8-6-18)22(28)13-15-30-21-11-9-20(25)10-12-21/h5-12,17H,3-4,13-16H2,1-2H3,(H,26,29). The summed E-state index contributed by atoms with van der Waals surface area (Å²) in [6, 6.07) is 14.3. The van der Waals surface area contributed by atoms with Crippen molar-refractivity contribution in [2.45, 2.75) is 50.6 Å². The molecule has 1 unspecified atom stereocenters. The Labute approximate surface area is 193 Å². The number of carbonyl (C=O) groups excluding carboxylic acids is 2. The molecule has 0 aliphatic carbocycles. The van der Waals surface area contributed by atoms with Gasteiger partial charge < -0.3 is 10.2 Å². The zero-order chi connectivity index (χ0) is 21.9. The van der Waals surface area contributed by atoms with Crippen LogP contribution in [0.25, 0.3) is 0 Å². The predicted molar refractivity (Wildman–Crippen MR) is 126 cm³/mol. The Morgan fingerprint density at radius 2 is 1.63 bits per heavy atom. The molecule has 2 aromatic rings. The van der Waals surface area contributed by atoms with Gasteiger partial charge in [-0.1, -0.05) is 48.7 Å². The SMILES string of the molecule is CCCCNC(=O)C(C)N(Cc1ccc(Cl)cc1)C(=O)CCSc1ccc(Cl)cc1. The Morgan fingerprint density at radius 1 is 1.03 bits per heavy atom. The number of benzene rings is 2. The lowest BCUT2D eigenvalue weighted by atomic mass is 10.1. The molecule has 0 aromatic heterocycles. The number of nitrogens with one attached hydrogen (secondary N) is 1. The molecule has 0 saturated heterocycles. The zero-order valence-electron chi connectivity index (χ0n) is 17.4. The number of thioether (sulfide) groups is 1. The van der Waals surface area contributed by atoms with Crippen LogP contribution in [0.1, 0.15) is 38.7 Å². The van der Waals surface area contributed by atoms with Crippen molar-refractivity contribution in [3.8, 4) is 0 Å². The van der Waals surface area contributed by atoms with Crippen LogP contribution in [-0.2, 0) is 16.1 Å². The summed E-state index contributed by atoms with van der Waals surface area (Å²) in [5.74, 6) is 0.447. The molecular formula is C23H28Cl2N2O2S. The summed E-state index contributed by atoms with van der Waals surface area (Å²) < 4.78 is 0. The number of unbranched alkanes of at least 4 members (excludes halogenated alkanes) is 1. The highest BCUT2D eigenvalue weighted by Crippen LogP contribution is 2.22. The van der Waals surface area contributed by atoms with E-state index >= 15 is 0 Å². The largest absolute Gasteiger partial charge is 0.354 e. The summed E-state index contributed by atoms with van der Waals surface area (Å²) >= 11 is 13.5. The van der Waals surface area contributed by atoms with Crippen molar-refractivity contribution in [1.29, 1.82) is 0 Å². The lowest BCUT2D eigenvalue weighted by Crippen LogP contribution is -2.47. The molecule has 162 valence electrons. The first-order chi connectivity index (χ1) is 14.4. The Balaban J connectivity index is 2.02. The molecule has 0 bridgehead atoms. The molecule has 2 aromatic carbocycles. The molecule has 4 nitrogen and oxygen atoms in total. The first-order valence-electron chi connectivity index (χ1n) is 10.1. The van der Waals surface area contributed by atoms with E-state index < -0.39 is 6.04 Å². The molecular weight excluding hydrogens is 439 g/mol. The molecule has 2 amide bonds. The normalized spacial score (nSPS) is 11.7. The molecule has 0 spiro atoms. The quantitative estimate of drug-likeness (QED) is 0.335. The highest BCUT2D eigenvalue weighted by molar-refractivity contribution is 7.99. The second-order valence-corrected chi connectivity index (χ2v) is 9.06. The van der Waals surface area contributed by atoms with Gasteiger partial charge in [0.05, 0.1) is 0 Å². The summed E-state index contributed by atoms with van der Waals surface area (Å²) in [4.78, 5) is 28.3. The molecule has 2 rings (SSSR count). The van der Waals surface area contributed by atoms with Gasteiger partial charge in [-0.05, 0) is 55.3 Å². The third kappa shape index (κ3) is 8.21. The van der Waals surface area contributed by atoms with Crippen LogP contribution in [-0.4, -0.2) is 35.1 Å². The van der Waals surface area contributed by atoms with Crippen LogP contribution >= 0.6 is 35.0 Å². The third-order valence-corrected chi connectivity index (χ3v) is 6.18. The second kappa shape index (κ2) is 12.9. The first kappa shape index (κ1) is 24.6. The minimum Gasteiger partial charge on any atom is -0.354 e. The van der Waals surface area contributed by atoms with Crippen LogP contribution < -0.4 is 5.32 Å². The van der Waals surface area contributed by atoms with Crippen molar-refractivity contribution in [3.63, 3.8) is 0 Å². The maximum absolute atomic E-state index is 13.0. The van der Waals surface area contributed by atoms with Crippen molar-refractivity contribution in [2.24, 2.45) is 0 Å². The van der Waals surface area contributed by atoms with Crippen molar-refractivity contribution >= 4 is 46.8 Å². The number of rotatable bonds is 11. The highest BCUT2D eigenvalue weighted by atomic mass is 35.5. The fourth-order valence-electron chi connectivity index (χ4n) is 2.84. The van der Waals surface area contributed by atoms with Gasteiger partial charge in [0.2, 0.25) is 11.8 Å². The first-order valence-corrected chi connectivity index (χ1v) is 11.8. The minimum atomic E-state index is -0.550. The van der Waals surface area contributed by atoms with Crippen LogP contribution in [0.4, 0.5) is 0 Å². The van der Waals surface area contributed by atoms with E-state index in [2.05, 4.69) is 12.2 Å². The lowest BCUT2D eigenvalue weighted by molar-refractivity contribution is -0.140. The predicted octanol–water partition coefficient (Wildman–Crippen LogP) is 5.81. The fourth-order valence-corrected chi connectivity index (χ4v) is 3.93. The average molecular weight is 467 g/mol. The van der Waals surface area contributed by atoms with Gasteiger partial charge in [0.15, 0.2) is 0 Å². The van der Waals surface area contributed by atoms with E-state index in [1.807, 2.05) is 36.4 Å². The second-order valence-electron chi connectivity index (χ2n) is 7.02. The van der Waals surface area contributed by atoms with Gasteiger partial charge in [-0.25, -0.2) is 0 Å². The molecule has 7 heteroatoms. The topological polar surface area (TPSA) is 49.4 Å². The van der Waals surface area contributed by atoms with E-state index in [4.69, 9.17) is 23.2 Å². The molecule has 1 atom stereocenters. The number of hydrogen-bond donors (Lipinski definition) is 1. The maximum atomic E-state index is 13.0. The molecule has 0 radical (unpaired) electrons.